The minimum Gasteiger partial charge on any atom is -0.481 e. The van der Waals surface area contributed by atoms with Crippen LogP contribution in [-0.2, 0) is 23.4 Å². The van der Waals surface area contributed by atoms with Gasteiger partial charge in [0.25, 0.3) is 14.4 Å². The van der Waals surface area contributed by atoms with Crippen molar-refractivity contribution in [3.8, 4) is 0 Å². The van der Waals surface area contributed by atoms with Gasteiger partial charge in [0.15, 0.2) is 12.4 Å². The van der Waals surface area contributed by atoms with Crippen molar-refractivity contribution in [1.29, 1.82) is 0 Å². The standard InChI is InChI=1S/C26H45FN3O6PS2/c1-17(2)30(18(3)4)37(34-15-9-10-16-38-39-26(7,8)13-11-22(32)33)36-24-19(5)35-25(23(24)27)29-14-12-21(31)28-20(29)6/h12,14,17-19,23-25H,6,9-11,13,15-16H2,1-5,7-8H3,(H,28,31)(H,32,33)/i5D. The Kier molecular flexibility index (Phi) is 13.3. The molecule has 0 aliphatic carbocycles. The van der Waals surface area contributed by atoms with Gasteiger partial charge < -0.3 is 29.1 Å². The number of halogens is 1. The highest BCUT2D eigenvalue weighted by Gasteiger charge is 2.49. The SMILES string of the molecule is [2H]CC1OC(N2C=CC(=O)NC2=C)C(F)C1OP(OCCCCSSC(C)(C)CCC(=O)O)N(C(C)C)C(C)C. The molecule has 2 rings (SSSR count). The second-order valence-corrected chi connectivity index (χ2v) is 15.2. The molecular formula is C26H45FN3O6PS2. The first-order chi connectivity index (χ1) is 18.8. The molecule has 0 bridgehead atoms. The maximum atomic E-state index is 15.8. The van der Waals surface area contributed by atoms with Crippen LogP contribution in [0.4, 0.5) is 4.39 Å². The van der Waals surface area contributed by atoms with Gasteiger partial charge in [-0.15, -0.1) is 0 Å². The van der Waals surface area contributed by atoms with Crippen LogP contribution in [0.3, 0.4) is 0 Å². The average molecular weight is 611 g/mol. The molecule has 1 fully saturated rings. The van der Waals surface area contributed by atoms with Crippen LogP contribution in [0.1, 0.15) is 75.5 Å². The Morgan fingerprint density at radius 3 is 2.67 bits per heavy atom. The van der Waals surface area contributed by atoms with E-state index in [-0.39, 0.29) is 41.9 Å². The molecule has 224 valence electrons. The van der Waals surface area contributed by atoms with Crippen LogP contribution in [0.2, 0.25) is 0 Å². The molecule has 2 aliphatic heterocycles. The topological polar surface area (TPSA) is 101 Å². The number of ether oxygens (including phenoxy) is 1. The molecule has 5 atom stereocenters. The van der Waals surface area contributed by atoms with Gasteiger partial charge in [-0.25, -0.2) is 9.06 Å². The molecule has 1 amide bonds. The Labute approximate surface area is 243 Å². The summed E-state index contributed by atoms with van der Waals surface area (Å²) >= 11 is 0. The smallest absolute Gasteiger partial charge is 0.303 e. The summed E-state index contributed by atoms with van der Waals surface area (Å²) < 4.78 is 44.2. The Bertz CT molecular complexity index is 879. The molecule has 0 aromatic rings. The van der Waals surface area contributed by atoms with E-state index in [9.17, 15) is 9.59 Å². The maximum Gasteiger partial charge on any atom is 0.303 e. The van der Waals surface area contributed by atoms with Gasteiger partial charge in [0.05, 0.1) is 12.7 Å². The summed E-state index contributed by atoms with van der Waals surface area (Å²) in [6.45, 7) is 16.3. The van der Waals surface area contributed by atoms with E-state index in [1.54, 1.807) is 21.6 Å². The van der Waals surface area contributed by atoms with Crippen LogP contribution in [0.5, 0.6) is 0 Å². The third-order valence-electron chi connectivity index (χ3n) is 6.01. The number of carbonyl (C=O) groups is 2. The number of carboxylic acids is 1. The summed E-state index contributed by atoms with van der Waals surface area (Å²) in [7, 11) is 1.79. The molecule has 39 heavy (non-hydrogen) atoms. The van der Waals surface area contributed by atoms with E-state index in [4.69, 9.17) is 20.3 Å². The highest BCUT2D eigenvalue weighted by atomic mass is 33.1. The zero-order valence-corrected chi connectivity index (χ0v) is 26.3. The van der Waals surface area contributed by atoms with Crippen LogP contribution < -0.4 is 5.32 Å². The number of nitrogens with one attached hydrogen (secondary N) is 1. The van der Waals surface area contributed by atoms with E-state index in [1.165, 1.54) is 17.2 Å². The Morgan fingerprint density at radius 2 is 2.08 bits per heavy atom. The third-order valence-corrected chi connectivity index (χ3v) is 11.6. The predicted octanol–water partition coefficient (Wildman–Crippen LogP) is 6.04. The van der Waals surface area contributed by atoms with Gasteiger partial charge in [-0.3, -0.25) is 9.59 Å². The van der Waals surface area contributed by atoms with Crippen molar-refractivity contribution in [3.05, 3.63) is 24.7 Å². The fraction of sp³-hybridized carbons (Fsp3) is 0.769. The minimum absolute atomic E-state index is 0.0803. The fourth-order valence-electron chi connectivity index (χ4n) is 4.05. The number of nitrogens with zero attached hydrogens (tertiary/aromatic N) is 2. The van der Waals surface area contributed by atoms with Crippen LogP contribution in [0.15, 0.2) is 24.7 Å². The van der Waals surface area contributed by atoms with Gasteiger partial charge in [-0.1, -0.05) is 28.2 Å². The lowest BCUT2D eigenvalue weighted by atomic mass is 10.1. The number of carbonyl (C=O) groups excluding carboxylic acids is 1. The molecule has 0 spiro atoms. The number of alkyl halides is 1. The zero-order valence-electron chi connectivity index (χ0n) is 24.8. The fourth-order valence-corrected chi connectivity index (χ4v) is 8.58. The molecule has 2 heterocycles. The number of amides is 1. The van der Waals surface area contributed by atoms with Crippen molar-refractivity contribution < 1.29 is 34.2 Å². The second kappa shape index (κ2) is 15.9. The summed E-state index contributed by atoms with van der Waals surface area (Å²) in [4.78, 5) is 23.9. The van der Waals surface area contributed by atoms with Crippen molar-refractivity contribution in [3.63, 3.8) is 0 Å². The van der Waals surface area contributed by atoms with Crippen molar-refractivity contribution in [2.45, 2.75) is 116 Å². The highest BCUT2D eigenvalue weighted by molar-refractivity contribution is 8.77. The first kappa shape index (κ1) is 32.6. The molecule has 5 unspecified atom stereocenters. The minimum atomic E-state index is -1.65. The van der Waals surface area contributed by atoms with Crippen molar-refractivity contribution in [2.24, 2.45) is 0 Å². The van der Waals surface area contributed by atoms with E-state index in [2.05, 4.69) is 30.4 Å². The summed E-state index contributed by atoms with van der Waals surface area (Å²) in [6.07, 6.45) is 0.663. The molecule has 2 aliphatic rings. The van der Waals surface area contributed by atoms with Gasteiger partial charge in [-0.2, -0.15) is 0 Å². The van der Waals surface area contributed by atoms with Crippen LogP contribution >= 0.6 is 30.1 Å². The molecule has 0 aromatic heterocycles. The van der Waals surface area contributed by atoms with Gasteiger partial charge in [0.1, 0.15) is 11.9 Å². The molecule has 13 heteroatoms. The van der Waals surface area contributed by atoms with Gasteiger partial charge in [0, 0.05) is 42.7 Å². The molecule has 2 N–H and O–H groups in total. The summed E-state index contributed by atoms with van der Waals surface area (Å²) in [6, 6.07) is 0.161. The Morgan fingerprint density at radius 1 is 1.38 bits per heavy atom. The molecule has 9 nitrogen and oxygen atoms in total. The van der Waals surface area contributed by atoms with Crippen LogP contribution in [-0.4, -0.2) is 80.4 Å². The van der Waals surface area contributed by atoms with Gasteiger partial charge in [0.2, 0.25) is 0 Å². The normalized spacial score (nSPS) is 25.1. The monoisotopic (exact) mass is 610 g/mol. The van der Waals surface area contributed by atoms with E-state index in [0.29, 0.717) is 13.0 Å². The predicted molar refractivity (Wildman–Crippen MR) is 158 cm³/mol. The highest BCUT2D eigenvalue weighted by Crippen LogP contribution is 2.50. The number of aliphatic carboxylic acids is 1. The third kappa shape index (κ3) is 10.8. The average Bonchev–Trinajstić information content (AvgIpc) is 3.16. The van der Waals surface area contributed by atoms with E-state index < -0.39 is 39.1 Å². The molecule has 0 saturated carbocycles. The zero-order chi connectivity index (χ0) is 30.0. The van der Waals surface area contributed by atoms with Crippen molar-refractivity contribution in [2.75, 3.05) is 12.4 Å². The lowest BCUT2D eigenvalue weighted by molar-refractivity contribution is -0.137. The van der Waals surface area contributed by atoms with Gasteiger partial charge >= 0.3 is 5.97 Å². The summed E-state index contributed by atoms with van der Waals surface area (Å²) in [5.74, 6) is -0.0202. The molecule has 1 saturated heterocycles. The van der Waals surface area contributed by atoms with Gasteiger partial charge in [-0.05, 0) is 67.7 Å². The number of hydrogen-bond donors (Lipinski definition) is 2. The van der Waals surface area contributed by atoms with Crippen LogP contribution in [0, 0.1) is 0 Å². The molecular weight excluding hydrogens is 564 g/mol. The maximum absolute atomic E-state index is 15.8. The number of unbranched alkanes of at least 4 members (excludes halogenated alkanes) is 1. The van der Waals surface area contributed by atoms with E-state index in [1.807, 2.05) is 27.7 Å². The van der Waals surface area contributed by atoms with Crippen molar-refractivity contribution >= 4 is 42.0 Å². The van der Waals surface area contributed by atoms with Crippen molar-refractivity contribution in [1.82, 2.24) is 14.9 Å². The van der Waals surface area contributed by atoms with E-state index >= 15 is 4.39 Å². The first-order valence-corrected chi connectivity index (χ1v) is 16.7. The summed E-state index contributed by atoms with van der Waals surface area (Å²) in [5, 5.41) is 11.5. The molecule has 0 aromatic carbocycles. The Hall–Kier alpha value is -0.880. The Balaban J connectivity index is 1.98. The largest absolute Gasteiger partial charge is 0.481 e. The second-order valence-electron chi connectivity index (χ2n) is 10.6. The lowest BCUT2D eigenvalue weighted by Gasteiger charge is -2.37. The van der Waals surface area contributed by atoms with E-state index in [0.717, 1.165) is 18.6 Å². The number of hydrogen-bond acceptors (Lipinski definition) is 9. The summed E-state index contributed by atoms with van der Waals surface area (Å²) in [5.41, 5.74) is 0. The quantitative estimate of drug-likeness (QED) is 0.115. The van der Waals surface area contributed by atoms with Crippen LogP contribution in [0.25, 0.3) is 0 Å². The lowest BCUT2D eigenvalue weighted by Crippen LogP contribution is -2.45. The molecule has 0 radical (unpaired) electrons. The first-order valence-electron chi connectivity index (χ1n) is 13.9. The number of carboxylic acid groups (broad SMARTS) is 1. The number of rotatable bonds is 17.